The highest BCUT2D eigenvalue weighted by molar-refractivity contribution is 7.08. The van der Waals surface area contributed by atoms with Crippen LogP contribution in [0.25, 0.3) is 11.4 Å². The van der Waals surface area contributed by atoms with Gasteiger partial charge in [-0.25, -0.2) is 0 Å². The van der Waals surface area contributed by atoms with Crippen LogP contribution in [0.3, 0.4) is 0 Å². The quantitative estimate of drug-likeness (QED) is 0.664. The Balaban J connectivity index is 1.33. The van der Waals surface area contributed by atoms with Gasteiger partial charge in [0.25, 0.3) is 0 Å². The molecule has 0 unspecified atom stereocenters. The summed E-state index contributed by atoms with van der Waals surface area (Å²) in [6.07, 6.45) is 0. The lowest BCUT2D eigenvalue weighted by atomic mass is 10.2. The Labute approximate surface area is 157 Å². The van der Waals surface area contributed by atoms with Gasteiger partial charge in [-0.05, 0) is 36.2 Å². The van der Waals surface area contributed by atoms with Crippen LogP contribution in [0.15, 0.2) is 45.6 Å². The first-order valence-electron chi connectivity index (χ1n) is 8.73. The normalized spacial score (nSPS) is 14.9. The maximum absolute atomic E-state index is 5.41. The summed E-state index contributed by atoms with van der Waals surface area (Å²) in [6, 6.07) is 10.8. The van der Waals surface area contributed by atoms with Crippen LogP contribution in [-0.2, 0) is 17.8 Å². The highest BCUT2D eigenvalue weighted by atomic mass is 32.1. The van der Waals surface area contributed by atoms with Gasteiger partial charge >= 0.3 is 0 Å². The van der Waals surface area contributed by atoms with Crippen LogP contribution >= 0.6 is 11.3 Å². The van der Waals surface area contributed by atoms with E-state index in [4.69, 9.17) is 9.26 Å². The van der Waals surface area contributed by atoms with E-state index in [0.717, 1.165) is 38.4 Å². The fourth-order valence-electron chi connectivity index (χ4n) is 3.06. The number of thiophene rings is 1. The molecule has 1 aliphatic heterocycles. The molecule has 6 nitrogen and oxygen atoms in total. The molecule has 1 aliphatic rings. The van der Waals surface area contributed by atoms with Crippen LogP contribution in [0.1, 0.15) is 11.5 Å². The molecule has 3 aromatic rings. The van der Waals surface area contributed by atoms with Crippen LogP contribution < -0.4 is 4.90 Å². The minimum Gasteiger partial charge on any atom is -0.378 e. The van der Waals surface area contributed by atoms with Crippen molar-refractivity contribution in [2.75, 3.05) is 38.3 Å². The summed E-state index contributed by atoms with van der Waals surface area (Å²) in [5.74, 6) is 1.29. The fraction of sp³-hybridized carbons (Fsp3) is 0.368. The first kappa shape index (κ1) is 17.2. The van der Waals surface area contributed by atoms with Crippen LogP contribution in [-0.4, -0.2) is 48.4 Å². The molecule has 1 fully saturated rings. The summed E-state index contributed by atoms with van der Waals surface area (Å²) in [4.78, 5) is 9.02. The Morgan fingerprint density at radius 1 is 1.12 bits per heavy atom. The van der Waals surface area contributed by atoms with Crippen molar-refractivity contribution in [2.45, 2.75) is 13.1 Å². The smallest absolute Gasteiger partial charge is 0.241 e. The molecular weight excluding hydrogens is 348 g/mol. The first-order valence-corrected chi connectivity index (χ1v) is 9.67. The molecule has 4 rings (SSSR count). The van der Waals surface area contributed by atoms with E-state index in [0.29, 0.717) is 18.3 Å². The number of nitrogens with zero attached hydrogens (tertiary/aromatic N) is 4. The van der Waals surface area contributed by atoms with Gasteiger partial charge in [-0.3, -0.25) is 4.90 Å². The molecule has 0 spiro atoms. The number of hydrogen-bond donors (Lipinski definition) is 0. The largest absolute Gasteiger partial charge is 0.378 e. The van der Waals surface area contributed by atoms with Crippen molar-refractivity contribution >= 4 is 17.0 Å². The van der Waals surface area contributed by atoms with Gasteiger partial charge in [0.05, 0.1) is 19.8 Å². The minimum atomic E-state index is 0.627. The second-order valence-corrected chi connectivity index (χ2v) is 7.24. The second-order valence-electron chi connectivity index (χ2n) is 6.46. The first-order chi connectivity index (χ1) is 12.8. The van der Waals surface area contributed by atoms with Gasteiger partial charge in [-0.2, -0.15) is 16.3 Å². The van der Waals surface area contributed by atoms with Crippen molar-refractivity contribution in [3.8, 4) is 11.4 Å². The van der Waals surface area contributed by atoms with Crippen molar-refractivity contribution in [1.29, 1.82) is 0 Å². The molecule has 26 heavy (non-hydrogen) atoms. The molecule has 0 aliphatic carbocycles. The number of morpholine rings is 1. The number of anilines is 1. The van der Waals surface area contributed by atoms with Crippen molar-refractivity contribution < 1.29 is 9.26 Å². The van der Waals surface area contributed by atoms with E-state index in [2.05, 4.69) is 51.3 Å². The average Bonchev–Trinajstić information content (AvgIpc) is 3.35. The molecule has 2 aromatic heterocycles. The summed E-state index contributed by atoms with van der Waals surface area (Å²) in [7, 11) is 2.06. The Morgan fingerprint density at radius 3 is 2.65 bits per heavy atom. The molecule has 0 saturated carbocycles. The van der Waals surface area contributed by atoms with Gasteiger partial charge < -0.3 is 14.2 Å². The maximum atomic E-state index is 5.41. The highest BCUT2D eigenvalue weighted by Crippen LogP contribution is 2.20. The summed E-state index contributed by atoms with van der Waals surface area (Å²) < 4.78 is 10.8. The van der Waals surface area contributed by atoms with Crippen LogP contribution in [0.4, 0.5) is 5.69 Å². The number of aromatic nitrogens is 2. The van der Waals surface area contributed by atoms with Crippen molar-refractivity contribution in [3.63, 3.8) is 0 Å². The summed E-state index contributed by atoms with van der Waals surface area (Å²) in [6.45, 7) is 5.00. The van der Waals surface area contributed by atoms with E-state index in [1.54, 1.807) is 11.3 Å². The molecule has 0 bridgehead atoms. The molecule has 1 saturated heterocycles. The van der Waals surface area contributed by atoms with Gasteiger partial charge in [0.2, 0.25) is 11.7 Å². The van der Waals surface area contributed by atoms with E-state index in [1.807, 2.05) is 16.8 Å². The molecular formula is C19H22N4O2S. The maximum Gasteiger partial charge on any atom is 0.241 e. The second kappa shape index (κ2) is 7.99. The fourth-order valence-corrected chi connectivity index (χ4v) is 3.69. The topological polar surface area (TPSA) is 54.6 Å². The third kappa shape index (κ3) is 4.12. The predicted molar refractivity (Wildman–Crippen MR) is 102 cm³/mol. The number of hydrogen-bond acceptors (Lipinski definition) is 7. The van der Waals surface area contributed by atoms with E-state index >= 15 is 0 Å². The van der Waals surface area contributed by atoms with E-state index in [1.165, 1.54) is 11.3 Å². The van der Waals surface area contributed by atoms with Gasteiger partial charge in [0.1, 0.15) is 0 Å². The average molecular weight is 370 g/mol. The van der Waals surface area contributed by atoms with Gasteiger partial charge in [0, 0.05) is 36.3 Å². The molecule has 1 aromatic carbocycles. The third-order valence-corrected chi connectivity index (χ3v) is 5.10. The van der Waals surface area contributed by atoms with Crippen molar-refractivity contribution in [2.24, 2.45) is 0 Å². The van der Waals surface area contributed by atoms with E-state index in [-0.39, 0.29) is 0 Å². The zero-order valence-electron chi connectivity index (χ0n) is 14.8. The number of ether oxygens (including phenoxy) is 1. The molecule has 136 valence electrons. The zero-order valence-corrected chi connectivity index (χ0v) is 15.6. The lowest BCUT2D eigenvalue weighted by Crippen LogP contribution is -2.36. The third-order valence-electron chi connectivity index (χ3n) is 4.42. The summed E-state index contributed by atoms with van der Waals surface area (Å²) in [5, 5.41) is 8.09. The lowest BCUT2D eigenvalue weighted by Gasteiger charge is -2.29. The van der Waals surface area contributed by atoms with E-state index < -0.39 is 0 Å². The summed E-state index contributed by atoms with van der Waals surface area (Å²) in [5.41, 5.74) is 3.53. The summed E-state index contributed by atoms with van der Waals surface area (Å²) >= 11 is 1.63. The highest BCUT2D eigenvalue weighted by Gasteiger charge is 2.13. The number of rotatable bonds is 6. The molecule has 0 N–H and O–H groups in total. The zero-order chi connectivity index (χ0) is 17.8. The Hall–Kier alpha value is -2.22. The Kier molecular flexibility index (Phi) is 5.29. The molecule has 0 amide bonds. The predicted octanol–water partition coefficient (Wildman–Crippen LogP) is 3.27. The van der Waals surface area contributed by atoms with Gasteiger partial charge in [0.15, 0.2) is 0 Å². The Bertz CT molecular complexity index is 810. The molecule has 7 heteroatoms. The molecule has 3 heterocycles. The Morgan fingerprint density at radius 2 is 1.92 bits per heavy atom. The van der Waals surface area contributed by atoms with Crippen LogP contribution in [0, 0.1) is 0 Å². The standard InChI is InChI=1S/C19H22N4O2S/c1-22(13-18-20-19(21-25-18)16-6-11-26-14-16)12-15-2-4-17(5-3-15)23-7-9-24-10-8-23/h2-6,11,14H,7-10,12-13H2,1H3. The minimum absolute atomic E-state index is 0.627. The van der Waals surface area contributed by atoms with E-state index in [9.17, 15) is 0 Å². The van der Waals surface area contributed by atoms with Crippen molar-refractivity contribution in [3.05, 3.63) is 52.5 Å². The molecule has 0 radical (unpaired) electrons. The monoisotopic (exact) mass is 370 g/mol. The SMILES string of the molecule is CN(Cc1ccc(N2CCOCC2)cc1)Cc1nc(-c2ccsc2)no1. The van der Waals surface area contributed by atoms with Gasteiger partial charge in [-0.1, -0.05) is 17.3 Å². The van der Waals surface area contributed by atoms with Crippen LogP contribution in [0.5, 0.6) is 0 Å². The van der Waals surface area contributed by atoms with Crippen molar-refractivity contribution in [1.82, 2.24) is 15.0 Å². The molecule has 0 atom stereocenters. The van der Waals surface area contributed by atoms with Crippen LogP contribution in [0.2, 0.25) is 0 Å². The number of benzene rings is 1. The lowest BCUT2D eigenvalue weighted by molar-refractivity contribution is 0.122. The van der Waals surface area contributed by atoms with Gasteiger partial charge in [-0.15, -0.1) is 0 Å².